The number of amides is 1. The van der Waals surface area contributed by atoms with Crippen molar-refractivity contribution in [3.8, 4) is 0 Å². The van der Waals surface area contributed by atoms with Crippen LogP contribution in [0.5, 0.6) is 0 Å². The number of para-hydroxylation sites is 2. The van der Waals surface area contributed by atoms with Crippen LogP contribution in [0.4, 0.5) is 11.4 Å². The molecule has 25 heavy (non-hydrogen) atoms. The summed E-state index contributed by atoms with van der Waals surface area (Å²) in [6.45, 7) is 3.00. The van der Waals surface area contributed by atoms with Crippen molar-refractivity contribution in [3.05, 3.63) is 64.1 Å². The van der Waals surface area contributed by atoms with Crippen LogP contribution in [-0.2, 0) is 9.53 Å². The van der Waals surface area contributed by atoms with Crippen molar-refractivity contribution in [1.29, 1.82) is 0 Å². The number of anilines is 2. The van der Waals surface area contributed by atoms with Gasteiger partial charge in [-0.1, -0.05) is 41.4 Å². The van der Waals surface area contributed by atoms with Crippen LogP contribution >= 0.6 is 23.2 Å². The summed E-state index contributed by atoms with van der Waals surface area (Å²) in [7, 11) is 0. The average molecular weight is 377 g/mol. The number of carbonyl (C=O) groups excluding carboxylic acids is 1. The second-order valence-electron chi connectivity index (χ2n) is 5.60. The molecule has 0 atom stereocenters. The molecule has 2 aromatic rings. The first-order valence-electron chi connectivity index (χ1n) is 7.99. The monoisotopic (exact) mass is 376 g/mol. The molecule has 1 aliphatic heterocycles. The highest BCUT2D eigenvalue weighted by atomic mass is 35.5. The van der Waals surface area contributed by atoms with Crippen LogP contribution in [0.3, 0.4) is 0 Å². The van der Waals surface area contributed by atoms with Gasteiger partial charge in [0.1, 0.15) is 0 Å². The normalized spacial score (nSPS) is 14.7. The van der Waals surface area contributed by atoms with Gasteiger partial charge in [0.25, 0.3) is 0 Å². The van der Waals surface area contributed by atoms with Gasteiger partial charge in [-0.05, 0) is 35.9 Å². The van der Waals surface area contributed by atoms with Gasteiger partial charge in [0.05, 0.1) is 24.6 Å². The lowest BCUT2D eigenvalue weighted by Gasteiger charge is -2.30. The summed E-state index contributed by atoms with van der Waals surface area (Å²) in [4.78, 5) is 14.5. The third-order valence-electron chi connectivity index (χ3n) is 3.89. The quantitative estimate of drug-likeness (QED) is 0.799. The zero-order valence-electron chi connectivity index (χ0n) is 13.5. The topological polar surface area (TPSA) is 41.6 Å². The molecule has 1 aliphatic rings. The van der Waals surface area contributed by atoms with E-state index in [2.05, 4.69) is 10.2 Å². The summed E-state index contributed by atoms with van der Waals surface area (Å²) in [6, 6.07) is 12.9. The lowest BCUT2D eigenvalue weighted by molar-refractivity contribution is -0.111. The van der Waals surface area contributed by atoms with E-state index in [9.17, 15) is 4.79 Å². The van der Waals surface area contributed by atoms with Gasteiger partial charge in [-0.25, -0.2) is 0 Å². The second kappa shape index (κ2) is 8.39. The van der Waals surface area contributed by atoms with E-state index >= 15 is 0 Å². The van der Waals surface area contributed by atoms with Gasteiger partial charge < -0.3 is 15.0 Å². The number of rotatable bonds is 4. The summed E-state index contributed by atoms with van der Waals surface area (Å²) in [5, 5.41) is 4.00. The third-order valence-corrected chi connectivity index (χ3v) is 4.45. The Morgan fingerprint density at radius 2 is 1.88 bits per heavy atom. The fraction of sp³-hybridized carbons (Fsp3) is 0.211. The van der Waals surface area contributed by atoms with Crippen molar-refractivity contribution in [2.24, 2.45) is 0 Å². The number of hydrogen-bond acceptors (Lipinski definition) is 3. The van der Waals surface area contributed by atoms with Gasteiger partial charge in [0.15, 0.2) is 0 Å². The molecular formula is C19H18Cl2N2O2. The molecule has 1 heterocycles. The van der Waals surface area contributed by atoms with E-state index in [0.29, 0.717) is 23.3 Å². The van der Waals surface area contributed by atoms with E-state index in [1.165, 1.54) is 6.08 Å². The molecule has 0 spiro atoms. The zero-order valence-corrected chi connectivity index (χ0v) is 15.1. The van der Waals surface area contributed by atoms with Gasteiger partial charge in [-0.3, -0.25) is 4.79 Å². The lowest BCUT2D eigenvalue weighted by Crippen LogP contribution is -2.36. The van der Waals surface area contributed by atoms with E-state index in [0.717, 1.165) is 30.0 Å². The smallest absolute Gasteiger partial charge is 0.248 e. The van der Waals surface area contributed by atoms with E-state index in [-0.39, 0.29) is 5.91 Å². The fourth-order valence-electron chi connectivity index (χ4n) is 2.64. The van der Waals surface area contributed by atoms with Crippen molar-refractivity contribution < 1.29 is 9.53 Å². The predicted octanol–water partition coefficient (Wildman–Crippen LogP) is 4.48. The number of halogens is 2. The van der Waals surface area contributed by atoms with Gasteiger partial charge in [0.2, 0.25) is 5.91 Å². The van der Waals surface area contributed by atoms with E-state index < -0.39 is 0 Å². The van der Waals surface area contributed by atoms with Crippen LogP contribution in [0.15, 0.2) is 48.5 Å². The molecule has 0 aliphatic carbocycles. The summed E-state index contributed by atoms with van der Waals surface area (Å²) in [5.41, 5.74) is 2.51. The molecule has 1 fully saturated rings. The largest absolute Gasteiger partial charge is 0.378 e. The average Bonchev–Trinajstić information content (AvgIpc) is 2.62. The second-order valence-corrected chi connectivity index (χ2v) is 6.45. The van der Waals surface area contributed by atoms with Crippen molar-refractivity contribution in [2.45, 2.75) is 0 Å². The summed E-state index contributed by atoms with van der Waals surface area (Å²) in [6.07, 6.45) is 3.14. The Morgan fingerprint density at radius 3 is 2.64 bits per heavy atom. The SMILES string of the molecule is O=C(C=Cc1ccc(Cl)cc1Cl)Nc1ccccc1N1CCOCC1. The Labute approximate surface area is 157 Å². The molecule has 0 radical (unpaired) electrons. The third kappa shape index (κ3) is 4.75. The molecule has 3 rings (SSSR count). The first kappa shape index (κ1) is 17.8. The van der Waals surface area contributed by atoms with E-state index in [4.69, 9.17) is 27.9 Å². The molecule has 1 N–H and O–H groups in total. The molecule has 0 aromatic heterocycles. The van der Waals surface area contributed by atoms with Crippen LogP contribution in [0.1, 0.15) is 5.56 Å². The maximum absolute atomic E-state index is 12.3. The summed E-state index contributed by atoms with van der Waals surface area (Å²) < 4.78 is 5.39. The maximum atomic E-state index is 12.3. The van der Waals surface area contributed by atoms with Crippen molar-refractivity contribution >= 4 is 46.6 Å². The molecule has 0 bridgehead atoms. The van der Waals surface area contributed by atoms with Crippen molar-refractivity contribution in [3.63, 3.8) is 0 Å². The first-order chi connectivity index (χ1) is 12.1. The van der Waals surface area contributed by atoms with Crippen molar-refractivity contribution in [1.82, 2.24) is 0 Å². The minimum Gasteiger partial charge on any atom is -0.378 e. The molecule has 6 heteroatoms. The highest BCUT2D eigenvalue weighted by molar-refractivity contribution is 6.35. The molecule has 4 nitrogen and oxygen atoms in total. The Kier molecular flexibility index (Phi) is 5.97. The number of nitrogens with zero attached hydrogens (tertiary/aromatic N) is 1. The number of benzene rings is 2. The highest BCUT2D eigenvalue weighted by Gasteiger charge is 2.15. The van der Waals surface area contributed by atoms with Gasteiger partial charge >= 0.3 is 0 Å². The number of hydrogen-bond donors (Lipinski definition) is 1. The van der Waals surface area contributed by atoms with Crippen LogP contribution < -0.4 is 10.2 Å². The molecule has 130 valence electrons. The number of carbonyl (C=O) groups is 1. The number of nitrogens with one attached hydrogen (secondary N) is 1. The van der Waals surface area contributed by atoms with Crippen LogP contribution in [0.2, 0.25) is 10.0 Å². The van der Waals surface area contributed by atoms with Crippen LogP contribution in [-0.4, -0.2) is 32.2 Å². The van der Waals surface area contributed by atoms with E-state index in [1.54, 1.807) is 24.3 Å². The molecule has 0 saturated carbocycles. The fourth-order valence-corrected chi connectivity index (χ4v) is 3.11. The van der Waals surface area contributed by atoms with Crippen LogP contribution in [0, 0.1) is 0 Å². The Balaban J connectivity index is 1.71. The molecule has 1 amide bonds. The Bertz CT molecular complexity index is 787. The maximum Gasteiger partial charge on any atom is 0.248 e. The predicted molar refractivity (Wildman–Crippen MR) is 104 cm³/mol. The summed E-state index contributed by atoms with van der Waals surface area (Å²) in [5.74, 6) is -0.216. The molecular weight excluding hydrogens is 359 g/mol. The minimum atomic E-state index is -0.216. The van der Waals surface area contributed by atoms with Crippen molar-refractivity contribution in [2.75, 3.05) is 36.5 Å². The molecule has 2 aromatic carbocycles. The highest BCUT2D eigenvalue weighted by Crippen LogP contribution is 2.26. The number of morpholine rings is 1. The number of ether oxygens (including phenoxy) is 1. The molecule has 0 unspecified atom stereocenters. The Hall–Kier alpha value is -2.01. The van der Waals surface area contributed by atoms with Crippen LogP contribution in [0.25, 0.3) is 6.08 Å². The minimum absolute atomic E-state index is 0.216. The molecule has 1 saturated heterocycles. The zero-order chi connectivity index (χ0) is 17.6. The van der Waals surface area contributed by atoms with Gasteiger partial charge in [-0.2, -0.15) is 0 Å². The lowest BCUT2D eigenvalue weighted by atomic mass is 10.2. The van der Waals surface area contributed by atoms with Gasteiger partial charge in [-0.15, -0.1) is 0 Å². The van der Waals surface area contributed by atoms with Gasteiger partial charge in [0, 0.05) is 29.2 Å². The summed E-state index contributed by atoms with van der Waals surface area (Å²) >= 11 is 12.0. The Morgan fingerprint density at radius 1 is 1.12 bits per heavy atom. The first-order valence-corrected chi connectivity index (χ1v) is 8.75. The van der Waals surface area contributed by atoms with E-state index in [1.807, 2.05) is 24.3 Å². The standard InChI is InChI=1S/C19H18Cl2N2O2/c20-15-7-5-14(16(21)13-15)6-8-19(24)22-17-3-1-2-4-18(17)23-9-11-25-12-10-23/h1-8,13H,9-12H2,(H,22,24).